The van der Waals surface area contributed by atoms with Crippen LogP contribution in [-0.2, 0) is 4.79 Å². The smallest absolute Gasteiger partial charge is 0.278 e. The zero-order chi connectivity index (χ0) is 18.9. The normalized spacial score (nSPS) is 21.0. The van der Waals surface area contributed by atoms with Crippen LogP contribution < -0.4 is 5.32 Å². The lowest BCUT2D eigenvalue weighted by atomic mass is 9.74. The van der Waals surface area contributed by atoms with Crippen LogP contribution in [0.4, 0.5) is 0 Å². The number of hydrogen-bond acceptors (Lipinski definition) is 3. The van der Waals surface area contributed by atoms with E-state index in [4.69, 9.17) is 0 Å². The Morgan fingerprint density at radius 1 is 1.19 bits per heavy atom. The predicted molar refractivity (Wildman–Crippen MR) is 106 cm³/mol. The molecule has 1 N–H and O–H groups in total. The van der Waals surface area contributed by atoms with Crippen molar-refractivity contribution in [3.63, 3.8) is 0 Å². The molecule has 1 heterocycles. The third-order valence-electron chi connectivity index (χ3n) is 4.42. The topological polar surface area (TPSA) is 58.5 Å². The highest BCUT2D eigenvalue weighted by atomic mass is 32.2. The van der Waals surface area contributed by atoms with Crippen molar-refractivity contribution in [2.45, 2.75) is 25.7 Å². The number of allylic oxidation sites excluding steroid dienone is 3. The van der Waals surface area contributed by atoms with Gasteiger partial charge in [-0.15, -0.1) is 11.8 Å². The Balaban J connectivity index is 1.92. The largest absolute Gasteiger partial charge is 0.325 e. The Morgan fingerprint density at radius 3 is 2.62 bits per heavy atom. The molecule has 1 aliphatic heterocycles. The quantitative estimate of drug-likeness (QED) is 0.800. The van der Waals surface area contributed by atoms with E-state index >= 15 is 0 Å². The minimum atomic E-state index is -0.279. The van der Waals surface area contributed by atoms with Gasteiger partial charge in [0.1, 0.15) is 0 Å². The van der Waals surface area contributed by atoms with E-state index in [1.165, 1.54) is 11.8 Å². The maximum Gasteiger partial charge on any atom is 0.278 e. The van der Waals surface area contributed by atoms with E-state index in [1.807, 2.05) is 36.6 Å². The highest BCUT2D eigenvalue weighted by Gasteiger charge is 2.32. The third-order valence-corrected chi connectivity index (χ3v) is 5.22. The second kappa shape index (κ2) is 7.08. The van der Waals surface area contributed by atoms with Crippen LogP contribution in [0.25, 0.3) is 0 Å². The van der Waals surface area contributed by atoms with Gasteiger partial charge in [0.25, 0.3) is 5.91 Å². The van der Waals surface area contributed by atoms with Gasteiger partial charge < -0.3 is 5.32 Å². The van der Waals surface area contributed by atoms with E-state index in [-0.39, 0.29) is 23.1 Å². The van der Waals surface area contributed by atoms with Crippen LogP contribution in [-0.4, -0.2) is 23.8 Å². The van der Waals surface area contributed by atoms with Gasteiger partial charge in [-0.1, -0.05) is 39.0 Å². The lowest BCUT2D eigenvalue weighted by molar-refractivity contribution is -0.116. The standard InChI is InChI=1S/C21H22N2O2S/c1-21(2,3)16-12-19(24)23-17-11-13(9-10-14(16)17)22-20(25)15-7-5-6-8-18(15)26-4/h5-12,14H,1-4H3,(H,23,24). The Bertz CT molecular complexity index is 886. The first kappa shape index (κ1) is 18.4. The summed E-state index contributed by atoms with van der Waals surface area (Å²) >= 11 is 1.52. The van der Waals surface area contributed by atoms with E-state index in [0.29, 0.717) is 11.3 Å². The SMILES string of the molecule is CSc1ccccc1C(=O)N=C1C=CC2C(=C1)NC(=O)C=C2C(C)(C)C. The summed E-state index contributed by atoms with van der Waals surface area (Å²) in [6.07, 6.45) is 9.25. The number of nitrogens with zero attached hydrogens (tertiary/aromatic N) is 1. The molecular weight excluding hydrogens is 344 g/mol. The molecular formula is C21H22N2O2S. The molecule has 1 aromatic carbocycles. The van der Waals surface area contributed by atoms with Crippen molar-refractivity contribution < 1.29 is 9.59 Å². The molecule has 0 saturated heterocycles. The molecule has 134 valence electrons. The van der Waals surface area contributed by atoms with E-state index in [2.05, 4.69) is 31.1 Å². The zero-order valence-corrected chi connectivity index (χ0v) is 16.2. The monoisotopic (exact) mass is 366 g/mol. The Kier molecular flexibility index (Phi) is 5.01. The predicted octanol–water partition coefficient (Wildman–Crippen LogP) is 4.16. The average molecular weight is 366 g/mol. The fraction of sp³-hybridized carbons (Fsp3) is 0.286. The third kappa shape index (κ3) is 3.73. The van der Waals surface area contributed by atoms with Crippen molar-refractivity contribution in [1.82, 2.24) is 5.32 Å². The molecule has 0 saturated carbocycles. The first-order valence-corrected chi connectivity index (χ1v) is 9.71. The lowest BCUT2D eigenvalue weighted by Gasteiger charge is -2.34. The summed E-state index contributed by atoms with van der Waals surface area (Å²) < 4.78 is 0. The Labute approximate surface area is 158 Å². The van der Waals surface area contributed by atoms with Gasteiger partial charge in [0, 0.05) is 22.6 Å². The van der Waals surface area contributed by atoms with Crippen LogP contribution in [0.5, 0.6) is 0 Å². The highest BCUT2D eigenvalue weighted by molar-refractivity contribution is 7.98. The van der Waals surface area contributed by atoms with Crippen molar-refractivity contribution in [3.8, 4) is 0 Å². The van der Waals surface area contributed by atoms with Gasteiger partial charge in [-0.3, -0.25) is 9.59 Å². The second-order valence-electron chi connectivity index (χ2n) is 7.32. The molecule has 1 unspecified atom stereocenters. The molecule has 0 bridgehead atoms. The first-order valence-electron chi connectivity index (χ1n) is 8.48. The molecule has 0 aromatic heterocycles. The van der Waals surface area contributed by atoms with Gasteiger partial charge in [0.05, 0.1) is 11.3 Å². The maximum atomic E-state index is 12.6. The zero-order valence-electron chi connectivity index (χ0n) is 15.4. The van der Waals surface area contributed by atoms with E-state index in [1.54, 1.807) is 18.2 Å². The highest BCUT2D eigenvalue weighted by Crippen LogP contribution is 2.38. The van der Waals surface area contributed by atoms with Crippen molar-refractivity contribution >= 4 is 29.3 Å². The van der Waals surface area contributed by atoms with Crippen LogP contribution in [0.3, 0.4) is 0 Å². The minimum absolute atomic E-state index is 0.0141. The van der Waals surface area contributed by atoms with Crippen molar-refractivity contribution in [3.05, 3.63) is 65.4 Å². The number of benzene rings is 1. The lowest BCUT2D eigenvalue weighted by Crippen LogP contribution is -2.36. The number of hydrogen-bond donors (Lipinski definition) is 1. The molecule has 5 heteroatoms. The number of aliphatic imine (C=N–C) groups is 1. The van der Waals surface area contributed by atoms with Crippen molar-refractivity contribution in [1.29, 1.82) is 0 Å². The number of fused-ring (bicyclic) bond motifs is 1. The molecule has 0 radical (unpaired) electrons. The van der Waals surface area contributed by atoms with Crippen LogP contribution in [0.15, 0.2) is 69.7 Å². The molecule has 2 aliphatic rings. The van der Waals surface area contributed by atoms with E-state index in [9.17, 15) is 9.59 Å². The van der Waals surface area contributed by atoms with Crippen LogP contribution in [0, 0.1) is 11.3 Å². The number of carbonyl (C=O) groups is 2. The van der Waals surface area contributed by atoms with Crippen molar-refractivity contribution in [2.75, 3.05) is 6.26 Å². The Morgan fingerprint density at radius 2 is 1.92 bits per heavy atom. The van der Waals surface area contributed by atoms with Crippen molar-refractivity contribution in [2.24, 2.45) is 16.3 Å². The average Bonchev–Trinajstić information content (AvgIpc) is 2.59. The minimum Gasteiger partial charge on any atom is -0.325 e. The fourth-order valence-corrected chi connectivity index (χ4v) is 3.73. The first-order chi connectivity index (χ1) is 12.3. The number of carbonyl (C=O) groups excluding carboxylic acids is 2. The number of rotatable bonds is 2. The summed E-state index contributed by atoms with van der Waals surface area (Å²) in [7, 11) is 0. The molecule has 0 fully saturated rings. The van der Waals surface area contributed by atoms with Crippen LogP contribution in [0.1, 0.15) is 31.1 Å². The van der Waals surface area contributed by atoms with Crippen LogP contribution >= 0.6 is 11.8 Å². The molecule has 1 aromatic rings. The Hall–Kier alpha value is -2.40. The van der Waals surface area contributed by atoms with E-state index < -0.39 is 0 Å². The summed E-state index contributed by atoms with van der Waals surface area (Å²) in [5.74, 6) is -0.398. The second-order valence-corrected chi connectivity index (χ2v) is 8.17. The van der Waals surface area contributed by atoms with Gasteiger partial charge in [-0.05, 0) is 41.5 Å². The molecule has 4 nitrogen and oxygen atoms in total. The number of thioether (sulfide) groups is 1. The van der Waals surface area contributed by atoms with Gasteiger partial charge >= 0.3 is 0 Å². The maximum absolute atomic E-state index is 12.6. The number of nitrogens with one attached hydrogen (secondary N) is 1. The molecule has 0 spiro atoms. The van der Waals surface area contributed by atoms with Gasteiger partial charge in [-0.2, -0.15) is 0 Å². The summed E-state index contributed by atoms with van der Waals surface area (Å²) in [5.41, 5.74) is 2.85. The van der Waals surface area contributed by atoms with Crippen LogP contribution in [0.2, 0.25) is 0 Å². The molecule has 1 aliphatic carbocycles. The molecule has 26 heavy (non-hydrogen) atoms. The molecule has 1 atom stereocenters. The van der Waals surface area contributed by atoms with E-state index in [0.717, 1.165) is 16.2 Å². The summed E-state index contributed by atoms with van der Waals surface area (Å²) in [6, 6.07) is 7.43. The summed E-state index contributed by atoms with van der Waals surface area (Å²) in [6.45, 7) is 6.28. The number of amides is 2. The fourth-order valence-electron chi connectivity index (χ4n) is 3.14. The molecule has 3 rings (SSSR count). The molecule has 2 amide bonds. The van der Waals surface area contributed by atoms with Gasteiger partial charge in [0.2, 0.25) is 5.91 Å². The van der Waals surface area contributed by atoms with Gasteiger partial charge in [0.15, 0.2) is 0 Å². The summed E-state index contributed by atoms with van der Waals surface area (Å²) in [5, 5.41) is 2.88. The van der Waals surface area contributed by atoms with Gasteiger partial charge in [-0.25, -0.2) is 4.99 Å². The summed E-state index contributed by atoms with van der Waals surface area (Å²) in [4.78, 5) is 29.8.